The molecule has 1 amide bonds. The molecule has 6 nitrogen and oxygen atoms in total. The van der Waals surface area contributed by atoms with Gasteiger partial charge in [0.05, 0.1) is 23.7 Å². The summed E-state index contributed by atoms with van der Waals surface area (Å²) in [6.45, 7) is 10.2. The Morgan fingerprint density at radius 2 is 1.89 bits per heavy atom. The quantitative estimate of drug-likeness (QED) is 0.452. The third-order valence-corrected chi connectivity index (χ3v) is 7.40. The van der Waals surface area contributed by atoms with Crippen molar-refractivity contribution in [2.75, 3.05) is 0 Å². The topological polar surface area (TPSA) is 71.0 Å². The van der Waals surface area contributed by atoms with Gasteiger partial charge in [-0.05, 0) is 56.2 Å². The number of nitrogens with zero attached hydrogens (tertiary/aromatic N) is 2. The molecule has 36 heavy (non-hydrogen) atoms. The van der Waals surface area contributed by atoms with Crippen LogP contribution in [0.25, 0.3) is 0 Å². The first-order chi connectivity index (χ1) is 17.3. The summed E-state index contributed by atoms with van der Waals surface area (Å²) in [6, 6.07) is 15.5. The van der Waals surface area contributed by atoms with Crippen molar-refractivity contribution in [3.8, 4) is 0 Å². The molecule has 188 valence electrons. The first kappa shape index (κ1) is 25.8. The maximum absolute atomic E-state index is 13.6. The van der Waals surface area contributed by atoms with E-state index >= 15 is 0 Å². The SMILES string of the molecule is CC[C@H](C)NC(=O)CC1=CSC2=NC(C)=C(C(=O)OCc3ccccc3)[C@H](c3ccc(C)cc3C)N12. The number of rotatable bonds is 8. The van der Waals surface area contributed by atoms with E-state index in [2.05, 4.69) is 37.4 Å². The molecule has 2 aliphatic heterocycles. The van der Waals surface area contributed by atoms with Crippen LogP contribution >= 0.6 is 11.8 Å². The van der Waals surface area contributed by atoms with Gasteiger partial charge < -0.3 is 15.0 Å². The molecule has 0 aliphatic carbocycles. The molecule has 1 N–H and O–H groups in total. The summed E-state index contributed by atoms with van der Waals surface area (Å²) in [5.41, 5.74) is 6.09. The highest BCUT2D eigenvalue weighted by atomic mass is 32.2. The zero-order chi connectivity index (χ0) is 25.8. The number of hydrogen-bond donors (Lipinski definition) is 1. The summed E-state index contributed by atoms with van der Waals surface area (Å²) in [5, 5.41) is 5.78. The molecule has 2 heterocycles. The Morgan fingerprint density at radius 3 is 2.58 bits per heavy atom. The van der Waals surface area contributed by atoms with Gasteiger partial charge >= 0.3 is 5.97 Å². The van der Waals surface area contributed by atoms with E-state index in [-0.39, 0.29) is 25.0 Å². The molecular formula is C29H33N3O3S. The fourth-order valence-electron chi connectivity index (χ4n) is 4.45. The van der Waals surface area contributed by atoms with Crippen LogP contribution in [0, 0.1) is 13.8 Å². The highest BCUT2D eigenvalue weighted by Crippen LogP contribution is 2.45. The maximum Gasteiger partial charge on any atom is 0.338 e. The second kappa shape index (κ2) is 11.2. The van der Waals surface area contributed by atoms with Crippen LogP contribution in [-0.2, 0) is 20.9 Å². The van der Waals surface area contributed by atoms with Crippen molar-refractivity contribution in [3.63, 3.8) is 0 Å². The molecule has 2 aromatic rings. The molecule has 2 aromatic carbocycles. The number of amidine groups is 1. The van der Waals surface area contributed by atoms with Crippen LogP contribution in [0.15, 0.2) is 75.9 Å². The van der Waals surface area contributed by atoms with Crippen LogP contribution in [0.4, 0.5) is 0 Å². The molecule has 0 aromatic heterocycles. The number of allylic oxidation sites excluding steroid dienone is 1. The number of hydrogen-bond acceptors (Lipinski definition) is 6. The number of aliphatic imine (C=N–C) groups is 1. The van der Waals surface area contributed by atoms with Crippen molar-refractivity contribution in [2.24, 2.45) is 4.99 Å². The van der Waals surface area contributed by atoms with Crippen molar-refractivity contribution in [1.82, 2.24) is 10.2 Å². The van der Waals surface area contributed by atoms with E-state index in [0.717, 1.165) is 39.5 Å². The number of aryl methyl sites for hydroxylation is 2. The minimum atomic E-state index is -0.431. The number of ether oxygens (including phenoxy) is 1. The summed E-state index contributed by atoms with van der Waals surface area (Å²) >= 11 is 1.48. The van der Waals surface area contributed by atoms with Gasteiger partial charge in [0.1, 0.15) is 6.61 Å². The van der Waals surface area contributed by atoms with Crippen LogP contribution in [0.1, 0.15) is 61.9 Å². The average molecular weight is 504 g/mol. The van der Waals surface area contributed by atoms with E-state index in [1.165, 1.54) is 11.8 Å². The number of benzene rings is 2. The molecule has 7 heteroatoms. The monoisotopic (exact) mass is 503 g/mol. The van der Waals surface area contributed by atoms with Crippen LogP contribution in [0.3, 0.4) is 0 Å². The van der Waals surface area contributed by atoms with Gasteiger partial charge in [-0.3, -0.25) is 4.79 Å². The van der Waals surface area contributed by atoms with Gasteiger partial charge in [-0.15, -0.1) is 0 Å². The van der Waals surface area contributed by atoms with Crippen molar-refractivity contribution < 1.29 is 14.3 Å². The van der Waals surface area contributed by atoms with Crippen molar-refractivity contribution in [2.45, 2.75) is 66.2 Å². The fourth-order valence-corrected chi connectivity index (χ4v) is 5.41. The van der Waals surface area contributed by atoms with E-state index < -0.39 is 12.0 Å². The number of carbonyl (C=O) groups excluding carboxylic acids is 2. The molecule has 0 saturated heterocycles. The molecule has 2 aliphatic rings. The molecule has 0 spiro atoms. The molecule has 0 fully saturated rings. The Hall–Kier alpha value is -3.32. The normalized spacial score (nSPS) is 17.8. The zero-order valence-electron chi connectivity index (χ0n) is 21.5. The number of amides is 1. The first-order valence-corrected chi connectivity index (χ1v) is 13.2. The third-order valence-electron chi connectivity index (χ3n) is 6.51. The maximum atomic E-state index is 13.6. The third kappa shape index (κ3) is 5.57. The number of esters is 1. The molecule has 0 bridgehead atoms. The Morgan fingerprint density at radius 1 is 1.14 bits per heavy atom. The molecule has 0 unspecified atom stereocenters. The van der Waals surface area contributed by atoms with Crippen molar-refractivity contribution in [1.29, 1.82) is 0 Å². The standard InChI is InChI=1S/C29H33N3O3S/c1-6-20(4)30-25(33)15-23-17-36-29-31-21(5)26(28(34)35-16-22-10-8-7-9-11-22)27(32(23)29)24-13-12-18(2)14-19(24)3/h7-14,17,20,27H,6,15-16H2,1-5H3,(H,30,33)/t20-,27-/m0/s1. The molecule has 2 atom stereocenters. The van der Waals surface area contributed by atoms with Crippen molar-refractivity contribution in [3.05, 3.63) is 93.2 Å². The van der Waals surface area contributed by atoms with Crippen LogP contribution in [0.2, 0.25) is 0 Å². The fraction of sp³-hybridized carbons (Fsp3) is 0.345. The first-order valence-electron chi connectivity index (χ1n) is 12.3. The molecule has 0 radical (unpaired) electrons. The van der Waals surface area contributed by atoms with Gasteiger partial charge in [-0.25, -0.2) is 9.79 Å². The average Bonchev–Trinajstić information content (AvgIpc) is 3.24. The van der Waals surface area contributed by atoms with Crippen molar-refractivity contribution >= 4 is 28.8 Å². The summed E-state index contributed by atoms with van der Waals surface area (Å²) in [7, 11) is 0. The number of nitrogens with one attached hydrogen (secondary N) is 1. The lowest BCUT2D eigenvalue weighted by Crippen LogP contribution is -2.39. The Labute approximate surface area is 217 Å². The second-order valence-electron chi connectivity index (χ2n) is 9.37. The minimum Gasteiger partial charge on any atom is -0.457 e. The van der Waals surface area contributed by atoms with Gasteiger partial charge in [-0.1, -0.05) is 72.8 Å². The highest BCUT2D eigenvalue weighted by molar-refractivity contribution is 8.16. The summed E-state index contributed by atoms with van der Waals surface area (Å²) < 4.78 is 5.79. The summed E-state index contributed by atoms with van der Waals surface area (Å²) in [5.74, 6) is -0.444. The van der Waals surface area contributed by atoms with Crippen LogP contribution in [0.5, 0.6) is 0 Å². The van der Waals surface area contributed by atoms with Crippen LogP contribution in [-0.4, -0.2) is 28.0 Å². The zero-order valence-corrected chi connectivity index (χ0v) is 22.3. The molecule has 0 saturated carbocycles. The Bertz CT molecular complexity index is 1250. The van der Waals surface area contributed by atoms with Crippen LogP contribution < -0.4 is 5.32 Å². The predicted octanol–water partition coefficient (Wildman–Crippen LogP) is 5.93. The Balaban J connectivity index is 1.69. The lowest BCUT2D eigenvalue weighted by molar-refractivity contribution is -0.141. The molecular weight excluding hydrogens is 470 g/mol. The summed E-state index contributed by atoms with van der Waals surface area (Å²) in [4.78, 5) is 33.2. The highest BCUT2D eigenvalue weighted by Gasteiger charge is 2.41. The molecule has 4 rings (SSSR count). The van der Waals surface area contributed by atoms with Gasteiger partial charge in [0.25, 0.3) is 0 Å². The minimum absolute atomic E-state index is 0.0451. The smallest absolute Gasteiger partial charge is 0.338 e. The van der Waals surface area contributed by atoms with E-state index in [1.54, 1.807) is 0 Å². The lowest BCUT2D eigenvalue weighted by Gasteiger charge is -2.37. The van der Waals surface area contributed by atoms with Gasteiger partial charge in [0.15, 0.2) is 5.17 Å². The number of thioether (sulfide) groups is 1. The largest absolute Gasteiger partial charge is 0.457 e. The summed E-state index contributed by atoms with van der Waals surface area (Å²) in [6.07, 6.45) is 1.07. The number of carbonyl (C=O) groups is 2. The van der Waals surface area contributed by atoms with Gasteiger partial charge in [0, 0.05) is 11.7 Å². The Kier molecular flexibility index (Phi) is 7.99. The number of fused-ring (bicyclic) bond motifs is 1. The van der Waals surface area contributed by atoms with E-state index in [4.69, 9.17) is 9.73 Å². The van der Waals surface area contributed by atoms with E-state index in [0.29, 0.717) is 11.3 Å². The van der Waals surface area contributed by atoms with E-state index in [9.17, 15) is 9.59 Å². The predicted molar refractivity (Wildman–Crippen MR) is 145 cm³/mol. The lowest BCUT2D eigenvalue weighted by atomic mass is 9.90. The van der Waals surface area contributed by atoms with Gasteiger partial charge in [-0.2, -0.15) is 0 Å². The van der Waals surface area contributed by atoms with E-state index in [1.807, 2.05) is 61.4 Å². The second-order valence-corrected chi connectivity index (χ2v) is 10.2. The van der Waals surface area contributed by atoms with Gasteiger partial charge in [0.2, 0.25) is 5.91 Å².